The lowest BCUT2D eigenvalue weighted by Gasteiger charge is -2.28. The van der Waals surface area contributed by atoms with E-state index in [9.17, 15) is 0 Å². The summed E-state index contributed by atoms with van der Waals surface area (Å²) in [6, 6.07) is 8.17. The van der Waals surface area contributed by atoms with E-state index in [0.29, 0.717) is 6.54 Å². The van der Waals surface area contributed by atoms with Gasteiger partial charge in [-0.2, -0.15) is 0 Å². The maximum atomic E-state index is 8.85. The lowest BCUT2D eigenvalue weighted by molar-refractivity contribution is 0.311. The first-order valence-electron chi connectivity index (χ1n) is 5.60. The van der Waals surface area contributed by atoms with E-state index in [-0.39, 0.29) is 12.0 Å². The largest absolute Gasteiger partial charge is 0.395 e. The summed E-state index contributed by atoms with van der Waals surface area (Å²) >= 11 is 0. The van der Waals surface area contributed by atoms with Crippen molar-refractivity contribution >= 4 is 5.69 Å². The van der Waals surface area contributed by atoms with Crippen LogP contribution in [0, 0.1) is 0 Å². The number of hydrogen-bond acceptors (Lipinski definition) is 2. The normalized spacial score (nSPS) is 11.2. The molecule has 2 nitrogen and oxygen atoms in total. The van der Waals surface area contributed by atoms with Crippen LogP contribution < -0.4 is 5.32 Å². The van der Waals surface area contributed by atoms with Crippen LogP contribution in [0.3, 0.4) is 0 Å². The van der Waals surface area contributed by atoms with Crippen LogP contribution in [0.15, 0.2) is 36.4 Å². The second kappa shape index (κ2) is 5.17. The van der Waals surface area contributed by atoms with Gasteiger partial charge >= 0.3 is 0 Å². The molecule has 0 aliphatic rings. The highest BCUT2D eigenvalue weighted by Gasteiger charge is 2.23. The summed E-state index contributed by atoms with van der Waals surface area (Å²) in [5.74, 6) is 0. The van der Waals surface area contributed by atoms with Crippen LogP contribution in [0.5, 0.6) is 0 Å². The van der Waals surface area contributed by atoms with Gasteiger partial charge in [0, 0.05) is 17.6 Å². The van der Waals surface area contributed by atoms with Crippen molar-refractivity contribution in [1.29, 1.82) is 0 Å². The first-order chi connectivity index (χ1) is 7.50. The number of rotatable bonds is 5. The standard InChI is InChI=1S/C14H21NO/c1-11(2)14(3,4)12-7-5-6-8-13(12)15-9-10-16/h5-8,15-16H,1,9-10H2,2-4H3. The van der Waals surface area contributed by atoms with Crippen molar-refractivity contribution in [3.8, 4) is 0 Å². The van der Waals surface area contributed by atoms with Crippen LogP contribution in [-0.4, -0.2) is 18.3 Å². The van der Waals surface area contributed by atoms with E-state index in [1.807, 2.05) is 25.1 Å². The minimum atomic E-state index is -0.0565. The summed E-state index contributed by atoms with van der Waals surface area (Å²) in [5.41, 5.74) is 3.37. The number of allylic oxidation sites excluding steroid dienone is 1. The molecule has 0 bridgehead atoms. The maximum Gasteiger partial charge on any atom is 0.0604 e. The van der Waals surface area contributed by atoms with Crippen LogP contribution in [-0.2, 0) is 5.41 Å². The van der Waals surface area contributed by atoms with Crippen molar-refractivity contribution in [3.05, 3.63) is 42.0 Å². The number of para-hydroxylation sites is 1. The first kappa shape index (κ1) is 12.8. The number of benzene rings is 1. The third kappa shape index (κ3) is 2.64. The van der Waals surface area contributed by atoms with Crippen molar-refractivity contribution < 1.29 is 5.11 Å². The molecule has 0 atom stereocenters. The highest BCUT2D eigenvalue weighted by Crippen LogP contribution is 2.34. The highest BCUT2D eigenvalue weighted by atomic mass is 16.3. The molecule has 2 heteroatoms. The second-order valence-electron chi connectivity index (χ2n) is 4.60. The number of aliphatic hydroxyl groups excluding tert-OH is 1. The molecule has 0 fully saturated rings. The summed E-state index contributed by atoms with van der Waals surface area (Å²) in [5, 5.41) is 12.1. The fourth-order valence-corrected chi connectivity index (χ4v) is 1.60. The van der Waals surface area contributed by atoms with Crippen LogP contribution in [0.25, 0.3) is 0 Å². The summed E-state index contributed by atoms with van der Waals surface area (Å²) in [6.07, 6.45) is 0. The number of aliphatic hydroxyl groups is 1. The smallest absolute Gasteiger partial charge is 0.0604 e. The summed E-state index contributed by atoms with van der Waals surface area (Å²) < 4.78 is 0. The fraction of sp³-hybridized carbons (Fsp3) is 0.429. The molecule has 88 valence electrons. The molecule has 2 N–H and O–H groups in total. The topological polar surface area (TPSA) is 32.3 Å². The molecule has 0 saturated carbocycles. The molecule has 1 aromatic carbocycles. The molecule has 0 unspecified atom stereocenters. The van der Waals surface area contributed by atoms with E-state index in [1.54, 1.807) is 0 Å². The lowest BCUT2D eigenvalue weighted by atomic mass is 9.78. The molecule has 1 rings (SSSR count). The molecule has 16 heavy (non-hydrogen) atoms. The lowest BCUT2D eigenvalue weighted by Crippen LogP contribution is -2.21. The van der Waals surface area contributed by atoms with Crippen LogP contribution in [0.4, 0.5) is 5.69 Å². The van der Waals surface area contributed by atoms with E-state index in [0.717, 1.165) is 11.3 Å². The molecular formula is C14H21NO. The van der Waals surface area contributed by atoms with Crippen molar-refractivity contribution in [2.45, 2.75) is 26.2 Å². The maximum absolute atomic E-state index is 8.85. The van der Waals surface area contributed by atoms with E-state index in [4.69, 9.17) is 5.11 Å². The Morgan fingerprint density at radius 1 is 1.38 bits per heavy atom. The third-order valence-electron chi connectivity index (χ3n) is 3.09. The number of anilines is 1. The van der Waals surface area contributed by atoms with Gasteiger partial charge in [0.05, 0.1) is 6.61 Å². The monoisotopic (exact) mass is 219 g/mol. The van der Waals surface area contributed by atoms with Gasteiger partial charge in [-0.3, -0.25) is 0 Å². The quantitative estimate of drug-likeness (QED) is 0.746. The number of hydrogen-bond donors (Lipinski definition) is 2. The molecule has 0 spiro atoms. The Balaban J connectivity index is 3.07. The van der Waals surface area contributed by atoms with Gasteiger partial charge in [-0.15, -0.1) is 0 Å². The average molecular weight is 219 g/mol. The van der Waals surface area contributed by atoms with Gasteiger partial charge in [0.1, 0.15) is 0 Å². The van der Waals surface area contributed by atoms with Crippen LogP contribution in [0.1, 0.15) is 26.3 Å². The molecule has 0 heterocycles. The van der Waals surface area contributed by atoms with Crippen molar-refractivity contribution in [2.75, 3.05) is 18.5 Å². The van der Waals surface area contributed by atoms with Gasteiger partial charge in [-0.05, 0) is 18.6 Å². The minimum absolute atomic E-state index is 0.0565. The van der Waals surface area contributed by atoms with E-state index in [2.05, 4.69) is 31.8 Å². The Morgan fingerprint density at radius 2 is 2.00 bits per heavy atom. The van der Waals surface area contributed by atoms with Crippen molar-refractivity contribution in [2.24, 2.45) is 0 Å². The first-order valence-corrected chi connectivity index (χ1v) is 5.60. The molecule has 0 aromatic heterocycles. The van der Waals surface area contributed by atoms with Gasteiger partial charge in [0.2, 0.25) is 0 Å². The Hall–Kier alpha value is -1.28. The minimum Gasteiger partial charge on any atom is -0.395 e. The van der Waals surface area contributed by atoms with Crippen molar-refractivity contribution in [1.82, 2.24) is 0 Å². The molecule has 0 aliphatic heterocycles. The van der Waals surface area contributed by atoms with Gasteiger partial charge in [0.15, 0.2) is 0 Å². The van der Waals surface area contributed by atoms with Crippen molar-refractivity contribution in [3.63, 3.8) is 0 Å². The second-order valence-corrected chi connectivity index (χ2v) is 4.60. The highest BCUT2D eigenvalue weighted by molar-refractivity contribution is 5.56. The van der Waals surface area contributed by atoms with Gasteiger partial charge in [-0.25, -0.2) is 0 Å². The van der Waals surface area contributed by atoms with Crippen LogP contribution in [0.2, 0.25) is 0 Å². The fourth-order valence-electron chi connectivity index (χ4n) is 1.60. The summed E-state index contributed by atoms with van der Waals surface area (Å²) in [6.45, 7) is 11.1. The predicted molar refractivity (Wildman–Crippen MR) is 69.9 cm³/mol. The van der Waals surface area contributed by atoms with E-state index in [1.165, 1.54) is 5.56 Å². The SMILES string of the molecule is C=C(C)C(C)(C)c1ccccc1NCCO. The molecule has 0 radical (unpaired) electrons. The Labute approximate surface area is 98.0 Å². The number of nitrogens with one attached hydrogen (secondary N) is 1. The van der Waals surface area contributed by atoms with E-state index < -0.39 is 0 Å². The predicted octanol–water partition coefficient (Wildman–Crippen LogP) is 2.94. The summed E-state index contributed by atoms with van der Waals surface area (Å²) in [7, 11) is 0. The molecule has 0 aliphatic carbocycles. The molecule has 0 amide bonds. The molecule has 1 aromatic rings. The van der Waals surface area contributed by atoms with Gasteiger partial charge < -0.3 is 10.4 Å². The molecular weight excluding hydrogens is 198 g/mol. The Bertz CT molecular complexity index is 369. The Kier molecular flexibility index (Phi) is 4.13. The molecule has 0 saturated heterocycles. The van der Waals surface area contributed by atoms with Crippen LogP contribution >= 0.6 is 0 Å². The van der Waals surface area contributed by atoms with Gasteiger partial charge in [-0.1, -0.05) is 44.2 Å². The zero-order chi connectivity index (χ0) is 12.2. The zero-order valence-corrected chi connectivity index (χ0v) is 10.4. The van der Waals surface area contributed by atoms with Gasteiger partial charge in [0.25, 0.3) is 0 Å². The third-order valence-corrected chi connectivity index (χ3v) is 3.09. The zero-order valence-electron chi connectivity index (χ0n) is 10.4. The van der Waals surface area contributed by atoms with E-state index >= 15 is 0 Å². The Morgan fingerprint density at radius 3 is 2.56 bits per heavy atom. The average Bonchev–Trinajstić information content (AvgIpc) is 2.26. The summed E-state index contributed by atoms with van der Waals surface area (Å²) in [4.78, 5) is 0.